The van der Waals surface area contributed by atoms with Gasteiger partial charge in [0.05, 0.1) is 18.1 Å². The summed E-state index contributed by atoms with van der Waals surface area (Å²) in [5.41, 5.74) is 3.10. The Kier molecular flexibility index (Phi) is 5.84. The molecule has 0 aliphatic carbocycles. The lowest BCUT2D eigenvalue weighted by atomic mass is 9.97. The summed E-state index contributed by atoms with van der Waals surface area (Å²) in [5, 5.41) is 28.8. The molecule has 2 N–H and O–H groups in total. The monoisotopic (exact) mass is 426 g/mol. The molecule has 4 aromatic rings. The number of ether oxygens (including phenoxy) is 2. The highest BCUT2D eigenvalue weighted by atomic mass is 35.5. The molecule has 2 heterocycles. The second-order valence-electron chi connectivity index (χ2n) is 6.68. The van der Waals surface area contributed by atoms with Crippen molar-refractivity contribution in [2.24, 2.45) is 0 Å². The fourth-order valence-corrected chi connectivity index (χ4v) is 3.33. The molecule has 0 saturated carbocycles. The van der Waals surface area contributed by atoms with Crippen molar-refractivity contribution in [3.63, 3.8) is 0 Å². The van der Waals surface area contributed by atoms with Crippen LogP contribution in [-0.4, -0.2) is 48.4 Å². The Morgan fingerprint density at radius 1 is 0.967 bits per heavy atom. The summed E-state index contributed by atoms with van der Waals surface area (Å²) in [7, 11) is 1.57. The second kappa shape index (κ2) is 8.87. The Morgan fingerprint density at radius 2 is 1.63 bits per heavy atom. The first-order valence-corrected chi connectivity index (χ1v) is 9.53. The molecule has 2 aromatic carbocycles. The Balaban J connectivity index is 1.57. The van der Waals surface area contributed by atoms with Crippen LogP contribution in [0, 0.1) is 6.92 Å². The maximum absolute atomic E-state index is 6.53. The van der Waals surface area contributed by atoms with Gasteiger partial charge in [-0.15, -0.1) is 20.4 Å². The van der Waals surface area contributed by atoms with Crippen LogP contribution in [0.2, 0.25) is 5.02 Å². The number of aromatic nitrogens is 8. The molecule has 0 fully saturated rings. The van der Waals surface area contributed by atoms with Crippen LogP contribution in [0.4, 0.5) is 0 Å². The first-order chi connectivity index (χ1) is 14.6. The van der Waals surface area contributed by atoms with Crippen LogP contribution in [0.1, 0.15) is 34.3 Å². The summed E-state index contributed by atoms with van der Waals surface area (Å²) in [6, 6.07) is 11.8. The van der Waals surface area contributed by atoms with E-state index in [1.54, 1.807) is 7.11 Å². The zero-order chi connectivity index (χ0) is 20.9. The van der Waals surface area contributed by atoms with E-state index in [1.807, 2.05) is 43.3 Å². The van der Waals surface area contributed by atoms with Crippen molar-refractivity contribution in [2.75, 3.05) is 7.11 Å². The molecule has 0 aliphatic rings. The summed E-state index contributed by atoms with van der Waals surface area (Å²) < 4.78 is 11.5. The summed E-state index contributed by atoms with van der Waals surface area (Å²) in [6.45, 7) is 2.42. The van der Waals surface area contributed by atoms with Gasteiger partial charge >= 0.3 is 0 Å². The molecule has 154 valence electrons. The number of hydrogen-bond acceptors (Lipinski definition) is 8. The van der Waals surface area contributed by atoms with Gasteiger partial charge in [0.15, 0.2) is 23.1 Å². The highest BCUT2D eigenvalue weighted by molar-refractivity contribution is 6.32. The lowest BCUT2D eigenvalue weighted by Gasteiger charge is -2.16. The Hall–Kier alpha value is -3.53. The maximum atomic E-state index is 6.53. The Labute approximate surface area is 177 Å². The Morgan fingerprint density at radius 3 is 2.20 bits per heavy atom. The average molecular weight is 427 g/mol. The van der Waals surface area contributed by atoms with Crippen LogP contribution in [0.5, 0.6) is 11.5 Å². The Bertz CT molecular complexity index is 1050. The van der Waals surface area contributed by atoms with E-state index in [1.165, 1.54) is 5.56 Å². The van der Waals surface area contributed by atoms with Gasteiger partial charge in [-0.3, -0.25) is 0 Å². The van der Waals surface area contributed by atoms with Crippen molar-refractivity contribution in [1.82, 2.24) is 41.2 Å². The summed E-state index contributed by atoms with van der Waals surface area (Å²) >= 11 is 6.53. The minimum Gasteiger partial charge on any atom is -0.493 e. The van der Waals surface area contributed by atoms with E-state index in [0.717, 1.165) is 11.1 Å². The van der Waals surface area contributed by atoms with E-state index in [0.29, 0.717) is 41.2 Å². The van der Waals surface area contributed by atoms with E-state index < -0.39 is 0 Å². The lowest BCUT2D eigenvalue weighted by Crippen LogP contribution is -2.10. The molecule has 0 radical (unpaired) electrons. The fraction of sp³-hybridized carbons (Fsp3) is 0.263. The molecule has 4 rings (SSSR count). The normalized spacial score (nSPS) is 11.1. The molecule has 0 saturated heterocycles. The van der Waals surface area contributed by atoms with Gasteiger partial charge in [-0.25, -0.2) is 0 Å². The smallest absolute Gasteiger partial charge is 0.185 e. The third kappa shape index (κ3) is 4.38. The number of benzene rings is 2. The molecule has 10 nitrogen and oxygen atoms in total. The molecule has 30 heavy (non-hydrogen) atoms. The van der Waals surface area contributed by atoms with Crippen LogP contribution in [0.15, 0.2) is 36.4 Å². The predicted octanol–water partition coefficient (Wildman–Crippen LogP) is 2.64. The van der Waals surface area contributed by atoms with Gasteiger partial charge in [-0.1, -0.05) is 51.9 Å². The van der Waals surface area contributed by atoms with Crippen molar-refractivity contribution in [3.8, 4) is 11.5 Å². The topological polar surface area (TPSA) is 127 Å². The van der Waals surface area contributed by atoms with Gasteiger partial charge < -0.3 is 9.47 Å². The highest BCUT2D eigenvalue weighted by Gasteiger charge is 2.25. The zero-order valence-corrected chi connectivity index (χ0v) is 17.1. The minimum atomic E-state index is -0.359. The van der Waals surface area contributed by atoms with Gasteiger partial charge in [0.2, 0.25) is 0 Å². The predicted molar refractivity (Wildman–Crippen MR) is 107 cm³/mol. The molecule has 2 aromatic heterocycles. The van der Waals surface area contributed by atoms with Crippen molar-refractivity contribution >= 4 is 11.6 Å². The van der Waals surface area contributed by atoms with Crippen molar-refractivity contribution in [3.05, 3.63) is 69.8 Å². The fourth-order valence-electron chi connectivity index (χ4n) is 3.04. The molecule has 0 aliphatic heterocycles. The summed E-state index contributed by atoms with van der Waals surface area (Å²) in [4.78, 5) is 0. The molecular formula is C19H19ClN8O2. The first-order valence-electron chi connectivity index (χ1n) is 9.15. The van der Waals surface area contributed by atoms with Crippen LogP contribution in [-0.2, 0) is 13.0 Å². The second-order valence-corrected chi connectivity index (χ2v) is 7.09. The quantitative estimate of drug-likeness (QED) is 0.440. The molecular weight excluding hydrogens is 408 g/mol. The number of rotatable bonds is 8. The minimum absolute atomic E-state index is 0.359. The third-order valence-corrected chi connectivity index (χ3v) is 4.86. The largest absolute Gasteiger partial charge is 0.493 e. The van der Waals surface area contributed by atoms with E-state index in [2.05, 4.69) is 41.2 Å². The molecule has 0 unspecified atom stereocenters. The van der Waals surface area contributed by atoms with Crippen LogP contribution in [0.25, 0.3) is 0 Å². The molecule has 11 heteroatoms. The standard InChI is InChI=1S/C19H19ClN8O2/c1-11-3-5-12(6-4-11)10-30-17-15(20)8-13(9-16(17)29-2)7-14(18-21-25-26-22-18)19-23-27-28-24-19/h3-6,8-9,14H,7,10H2,1-2H3,(H,21,22,25,26)(H,23,24,27,28). The number of nitrogens with zero attached hydrogens (tertiary/aromatic N) is 6. The van der Waals surface area contributed by atoms with Crippen molar-refractivity contribution in [2.45, 2.75) is 25.9 Å². The number of tetrazole rings is 2. The summed E-state index contributed by atoms with van der Waals surface area (Å²) in [5.74, 6) is 1.56. The van der Waals surface area contributed by atoms with Crippen molar-refractivity contribution < 1.29 is 9.47 Å². The number of aryl methyl sites for hydroxylation is 1. The van der Waals surface area contributed by atoms with E-state index in [4.69, 9.17) is 21.1 Å². The highest BCUT2D eigenvalue weighted by Crippen LogP contribution is 2.38. The number of nitrogens with one attached hydrogen (secondary N) is 2. The number of hydrogen-bond donors (Lipinski definition) is 2. The molecule has 0 spiro atoms. The molecule has 0 amide bonds. The van der Waals surface area contributed by atoms with E-state index in [9.17, 15) is 0 Å². The van der Waals surface area contributed by atoms with E-state index >= 15 is 0 Å². The number of halogens is 1. The molecule has 0 atom stereocenters. The third-order valence-electron chi connectivity index (χ3n) is 4.58. The van der Waals surface area contributed by atoms with Gasteiger partial charge in [0.25, 0.3) is 0 Å². The van der Waals surface area contributed by atoms with E-state index in [-0.39, 0.29) is 5.92 Å². The van der Waals surface area contributed by atoms with Crippen LogP contribution in [0.3, 0.4) is 0 Å². The van der Waals surface area contributed by atoms with Crippen LogP contribution < -0.4 is 9.47 Å². The zero-order valence-electron chi connectivity index (χ0n) is 16.3. The lowest BCUT2D eigenvalue weighted by molar-refractivity contribution is 0.284. The molecule has 0 bridgehead atoms. The average Bonchev–Trinajstić information content (AvgIpc) is 3.46. The van der Waals surface area contributed by atoms with Gasteiger partial charge in [0.1, 0.15) is 6.61 Å². The maximum Gasteiger partial charge on any atom is 0.185 e. The van der Waals surface area contributed by atoms with Crippen LogP contribution >= 0.6 is 11.6 Å². The first kappa shape index (κ1) is 19.8. The summed E-state index contributed by atoms with van der Waals surface area (Å²) in [6.07, 6.45) is 0.466. The van der Waals surface area contributed by atoms with Gasteiger partial charge in [-0.2, -0.15) is 10.4 Å². The van der Waals surface area contributed by atoms with Gasteiger partial charge in [-0.05, 0) is 36.6 Å². The van der Waals surface area contributed by atoms with Gasteiger partial charge in [0, 0.05) is 0 Å². The number of methoxy groups -OCH3 is 1. The SMILES string of the molecule is COc1cc(CC(c2nn[nH]n2)c2nn[nH]n2)cc(Cl)c1OCc1ccc(C)cc1. The number of H-pyrrole nitrogens is 2. The van der Waals surface area contributed by atoms with Crippen molar-refractivity contribution in [1.29, 1.82) is 0 Å². The number of aromatic amines is 2.